The van der Waals surface area contributed by atoms with Crippen molar-refractivity contribution in [3.05, 3.63) is 23.9 Å². The van der Waals surface area contributed by atoms with E-state index >= 15 is 0 Å². The van der Waals surface area contributed by atoms with Gasteiger partial charge in [0, 0.05) is 25.8 Å². The van der Waals surface area contributed by atoms with Crippen LogP contribution in [0.25, 0.3) is 0 Å². The highest BCUT2D eigenvalue weighted by atomic mass is 15.3. The van der Waals surface area contributed by atoms with Crippen LogP contribution in [0.15, 0.2) is 23.9 Å². The molecule has 0 aromatic carbocycles. The molecule has 0 aliphatic carbocycles. The normalized spacial score (nSPS) is 17.8. The minimum atomic E-state index is 0.322. The fraction of sp³-hybridized carbons (Fsp3) is 0.643. The Kier molecular flexibility index (Phi) is 3.76. The van der Waals surface area contributed by atoms with Crippen LogP contribution in [-0.2, 0) is 6.54 Å². The lowest BCUT2D eigenvalue weighted by molar-refractivity contribution is 0.264. The van der Waals surface area contributed by atoms with Crippen molar-refractivity contribution in [3.63, 3.8) is 0 Å². The largest absolute Gasteiger partial charge is 0.382 e. The fourth-order valence-electron chi connectivity index (χ4n) is 2.34. The molecule has 2 heterocycles. The first-order chi connectivity index (χ1) is 8.45. The highest BCUT2D eigenvalue weighted by Crippen LogP contribution is 2.29. The van der Waals surface area contributed by atoms with Crippen LogP contribution in [0.4, 0.5) is 5.82 Å². The molecule has 0 unspecified atom stereocenters. The molecule has 0 bridgehead atoms. The number of aromatic nitrogens is 2. The highest BCUT2D eigenvalue weighted by Gasteiger charge is 2.20. The number of nitrogens with zero attached hydrogens (tertiary/aromatic N) is 3. The van der Waals surface area contributed by atoms with Gasteiger partial charge in [-0.1, -0.05) is 32.4 Å². The minimum absolute atomic E-state index is 0.322. The van der Waals surface area contributed by atoms with Crippen LogP contribution in [0.2, 0.25) is 0 Å². The molecule has 0 saturated carbocycles. The van der Waals surface area contributed by atoms with E-state index in [0.717, 1.165) is 26.2 Å². The van der Waals surface area contributed by atoms with E-state index in [2.05, 4.69) is 36.8 Å². The molecule has 100 valence electrons. The molecular formula is C14H24N4. The first-order valence-electron chi connectivity index (χ1n) is 6.66. The number of nitrogen functional groups attached to an aromatic ring is 1. The molecule has 2 rings (SSSR count). The van der Waals surface area contributed by atoms with Gasteiger partial charge in [0.25, 0.3) is 0 Å². The molecule has 0 atom stereocenters. The van der Waals surface area contributed by atoms with Crippen LogP contribution in [0.3, 0.4) is 0 Å². The van der Waals surface area contributed by atoms with Gasteiger partial charge >= 0.3 is 0 Å². The summed E-state index contributed by atoms with van der Waals surface area (Å²) in [5, 5.41) is 4.20. The number of hydrogen-bond acceptors (Lipinski definition) is 3. The van der Waals surface area contributed by atoms with Gasteiger partial charge < -0.3 is 5.73 Å². The molecule has 1 aromatic rings. The van der Waals surface area contributed by atoms with Gasteiger partial charge in [-0.25, -0.2) is 0 Å². The fourth-order valence-corrected chi connectivity index (χ4v) is 2.34. The first-order valence-corrected chi connectivity index (χ1v) is 6.66. The molecule has 1 aliphatic heterocycles. The molecule has 4 heteroatoms. The molecule has 4 nitrogen and oxygen atoms in total. The average Bonchev–Trinajstić information content (AvgIpc) is 2.72. The standard InChI is InChI=1S/C14H24N4/c1-14(2,3)12-4-7-17(8-5-12)10-11-18-9-6-13(15)16-18/h4,6,9H,5,7-8,10-11H2,1-3H3,(H2,15,16). The summed E-state index contributed by atoms with van der Waals surface area (Å²) in [6.07, 6.45) is 5.52. The quantitative estimate of drug-likeness (QED) is 0.834. The van der Waals surface area contributed by atoms with Gasteiger partial charge in [0.1, 0.15) is 5.82 Å². The van der Waals surface area contributed by atoms with Crippen LogP contribution in [-0.4, -0.2) is 34.3 Å². The Hall–Kier alpha value is -1.29. The Morgan fingerprint density at radius 1 is 1.33 bits per heavy atom. The van der Waals surface area contributed by atoms with Crippen LogP contribution in [0.1, 0.15) is 27.2 Å². The minimum Gasteiger partial charge on any atom is -0.382 e. The van der Waals surface area contributed by atoms with Crippen molar-refractivity contribution < 1.29 is 0 Å². The number of anilines is 1. The highest BCUT2D eigenvalue weighted by molar-refractivity contribution is 5.23. The van der Waals surface area contributed by atoms with Crippen LogP contribution in [0, 0.1) is 5.41 Å². The molecule has 18 heavy (non-hydrogen) atoms. The molecule has 2 N–H and O–H groups in total. The van der Waals surface area contributed by atoms with Gasteiger partial charge in [0.2, 0.25) is 0 Å². The van der Waals surface area contributed by atoms with Crippen molar-refractivity contribution in [2.75, 3.05) is 25.4 Å². The smallest absolute Gasteiger partial charge is 0.145 e. The summed E-state index contributed by atoms with van der Waals surface area (Å²) < 4.78 is 1.92. The maximum absolute atomic E-state index is 5.60. The topological polar surface area (TPSA) is 47.1 Å². The molecule has 0 fully saturated rings. The van der Waals surface area contributed by atoms with Gasteiger partial charge in [-0.3, -0.25) is 9.58 Å². The van der Waals surface area contributed by atoms with Gasteiger partial charge in [-0.15, -0.1) is 0 Å². The number of nitrogens with two attached hydrogens (primary N) is 1. The lowest BCUT2D eigenvalue weighted by Crippen LogP contribution is -2.33. The molecule has 0 amide bonds. The van der Waals surface area contributed by atoms with Crippen molar-refractivity contribution in [2.24, 2.45) is 5.41 Å². The average molecular weight is 248 g/mol. The molecule has 0 spiro atoms. The summed E-state index contributed by atoms with van der Waals surface area (Å²) in [7, 11) is 0. The van der Waals surface area contributed by atoms with Crippen molar-refractivity contribution >= 4 is 5.82 Å². The molecule has 0 radical (unpaired) electrons. The van der Waals surface area contributed by atoms with Crippen LogP contribution >= 0.6 is 0 Å². The van der Waals surface area contributed by atoms with E-state index in [0.29, 0.717) is 11.2 Å². The lowest BCUT2D eigenvalue weighted by atomic mass is 9.83. The summed E-state index contributed by atoms with van der Waals surface area (Å²) in [5.74, 6) is 0.601. The van der Waals surface area contributed by atoms with Gasteiger partial charge in [0.05, 0.1) is 6.54 Å². The van der Waals surface area contributed by atoms with Gasteiger partial charge in [-0.05, 0) is 17.9 Å². The third kappa shape index (κ3) is 3.35. The van der Waals surface area contributed by atoms with E-state index in [1.165, 1.54) is 6.42 Å². The Balaban J connectivity index is 1.82. The predicted octanol–water partition coefficient (Wildman–Crippen LogP) is 2.14. The SMILES string of the molecule is CC(C)(C)C1=CCN(CCn2ccc(N)n2)CC1. The Morgan fingerprint density at radius 3 is 2.61 bits per heavy atom. The van der Waals surface area contributed by atoms with E-state index in [1.54, 1.807) is 5.57 Å². The first kappa shape index (κ1) is 13.1. The van der Waals surface area contributed by atoms with E-state index in [4.69, 9.17) is 5.73 Å². The summed E-state index contributed by atoms with van der Waals surface area (Å²) in [4.78, 5) is 2.47. The second-order valence-electron chi connectivity index (χ2n) is 6.03. The zero-order chi connectivity index (χ0) is 13.2. The summed E-state index contributed by atoms with van der Waals surface area (Å²) in [5.41, 5.74) is 7.51. The van der Waals surface area contributed by atoms with Gasteiger partial charge in [-0.2, -0.15) is 5.10 Å². The van der Waals surface area contributed by atoms with Crippen molar-refractivity contribution in [2.45, 2.75) is 33.7 Å². The molecule has 1 aliphatic rings. The number of rotatable bonds is 3. The maximum Gasteiger partial charge on any atom is 0.145 e. The monoisotopic (exact) mass is 248 g/mol. The zero-order valence-corrected chi connectivity index (χ0v) is 11.7. The number of hydrogen-bond donors (Lipinski definition) is 1. The van der Waals surface area contributed by atoms with Crippen molar-refractivity contribution in [3.8, 4) is 0 Å². The summed E-state index contributed by atoms with van der Waals surface area (Å²) in [6.45, 7) is 11.0. The van der Waals surface area contributed by atoms with Crippen molar-refractivity contribution in [1.29, 1.82) is 0 Å². The Labute approximate surface area is 109 Å². The Bertz CT molecular complexity index is 425. The second kappa shape index (κ2) is 5.14. The van der Waals surface area contributed by atoms with Crippen molar-refractivity contribution in [1.82, 2.24) is 14.7 Å². The second-order valence-corrected chi connectivity index (χ2v) is 6.03. The maximum atomic E-state index is 5.60. The summed E-state index contributed by atoms with van der Waals surface area (Å²) in [6, 6.07) is 1.84. The van der Waals surface area contributed by atoms with E-state index in [1.807, 2.05) is 16.9 Å². The molecule has 0 saturated heterocycles. The van der Waals surface area contributed by atoms with E-state index in [9.17, 15) is 0 Å². The third-order valence-electron chi connectivity index (χ3n) is 3.56. The zero-order valence-electron chi connectivity index (χ0n) is 11.7. The molecular weight excluding hydrogens is 224 g/mol. The molecule has 1 aromatic heterocycles. The predicted molar refractivity (Wildman–Crippen MR) is 75.2 cm³/mol. The van der Waals surface area contributed by atoms with Gasteiger partial charge in [0.15, 0.2) is 0 Å². The third-order valence-corrected chi connectivity index (χ3v) is 3.56. The Morgan fingerprint density at radius 2 is 2.11 bits per heavy atom. The van der Waals surface area contributed by atoms with E-state index < -0.39 is 0 Å². The van der Waals surface area contributed by atoms with Crippen LogP contribution in [0.5, 0.6) is 0 Å². The van der Waals surface area contributed by atoms with E-state index in [-0.39, 0.29) is 0 Å². The lowest BCUT2D eigenvalue weighted by Gasteiger charge is -2.32. The summed E-state index contributed by atoms with van der Waals surface area (Å²) >= 11 is 0. The van der Waals surface area contributed by atoms with Crippen LogP contribution < -0.4 is 5.73 Å².